The van der Waals surface area contributed by atoms with Gasteiger partial charge in [-0.3, -0.25) is 4.79 Å². The number of nitriles is 1. The SMILES string of the molecule is CCC(C#N)C(=O)c1ccc(F)cc1Cl. The molecule has 0 aromatic heterocycles. The van der Waals surface area contributed by atoms with E-state index in [2.05, 4.69) is 0 Å². The molecule has 15 heavy (non-hydrogen) atoms. The molecule has 1 unspecified atom stereocenters. The lowest BCUT2D eigenvalue weighted by atomic mass is 9.97. The number of benzene rings is 1. The van der Waals surface area contributed by atoms with Crippen molar-refractivity contribution in [2.45, 2.75) is 13.3 Å². The van der Waals surface area contributed by atoms with Crippen molar-refractivity contribution in [3.05, 3.63) is 34.6 Å². The van der Waals surface area contributed by atoms with Gasteiger partial charge in [0.2, 0.25) is 0 Å². The van der Waals surface area contributed by atoms with Crippen molar-refractivity contribution in [2.24, 2.45) is 5.92 Å². The van der Waals surface area contributed by atoms with E-state index in [1.54, 1.807) is 6.92 Å². The van der Waals surface area contributed by atoms with Gasteiger partial charge in [-0.25, -0.2) is 4.39 Å². The minimum absolute atomic E-state index is 0.0497. The van der Waals surface area contributed by atoms with E-state index in [0.29, 0.717) is 6.42 Å². The normalized spacial score (nSPS) is 11.9. The van der Waals surface area contributed by atoms with Crippen LogP contribution < -0.4 is 0 Å². The molecule has 4 heteroatoms. The van der Waals surface area contributed by atoms with Gasteiger partial charge in [-0.05, 0) is 24.6 Å². The van der Waals surface area contributed by atoms with Crippen molar-refractivity contribution in [3.63, 3.8) is 0 Å². The molecule has 0 radical (unpaired) electrons. The van der Waals surface area contributed by atoms with Crippen molar-refractivity contribution in [2.75, 3.05) is 0 Å². The highest BCUT2D eigenvalue weighted by Gasteiger charge is 2.20. The third-order valence-corrected chi connectivity index (χ3v) is 2.39. The maximum atomic E-state index is 12.7. The molecule has 78 valence electrons. The summed E-state index contributed by atoms with van der Waals surface area (Å²) in [6, 6.07) is 5.42. The van der Waals surface area contributed by atoms with Gasteiger partial charge in [0.25, 0.3) is 0 Å². The Kier molecular flexibility index (Phi) is 3.81. The Bertz CT molecular complexity index is 425. The van der Waals surface area contributed by atoms with Gasteiger partial charge in [-0.2, -0.15) is 5.26 Å². The Morgan fingerprint density at radius 1 is 1.67 bits per heavy atom. The number of rotatable bonds is 3. The molecule has 0 fully saturated rings. The van der Waals surface area contributed by atoms with E-state index in [4.69, 9.17) is 16.9 Å². The van der Waals surface area contributed by atoms with Gasteiger partial charge in [0.1, 0.15) is 11.7 Å². The summed E-state index contributed by atoms with van der Waals surface area (Å²) in [6.45, 7) is 1.74. The molecule has 0 spiro atoms. The first-order valence-electron chi connectivity index (χ1n) is 4.49. The maximum Gasteiger partial charge on any atom is 0.181 e. The van der Waals surface area contributed by atoms with Crippen LogP contribution in [0.25, 0.3) is 0 Å². The smallest absolute Gasteiger partial charge is 0.181 e. The lowest BCUT2D eigenvalue weighted by Gasteiger charge is -2.06. The Morgan fingerprint density at radius 3 is 2.80 bits per heavy atom. The van der Waals surface area contributed by atoms with Gasteiger partial charge in [0, 0.05) is 5.56 Å². The Labute approximate surface area is 92.3 Å². The zero-order chi connectivity index (χ0) is 11.4. The van der Waals surface area contributed by atoms with Crippen LogP contribution in [0.1, 0.15) is 23.7 Å². The molecule has 1 aromatic rings. The summed E-state index contributed by atoms with van der Waals surface area (Å²) in [5.41, 5.74) is 0.200. The van der Waals surface area contributed by atoms with Gasteiger partial charge in [0.15, 0.2) is 5.78 Å². The van der Waals surface area contributed by atoms with Crippen LogP contribution in [0.5, 0.6) is 0 Å². The lowest BCUT2D eigenvalue weighted by molar-refractivity contribution is 0.0947. The summed E-state index contributed by atoms with van der Waals surface area (Å²) < 4.78 is 12.7. The van der Waals surface area contributed by atoms with Crippen molar-refractivity contribution in [1.29, 1.82) is 5.26 Å². The summed E-state index contributed by atoms with van der Waals surface area (Å²) in [5, 5.41) is 8.76. The Morgan fingerprint density at radius 2 is 2.33 bits per heavy atom. The van der Waals surface area contributed by atoms with E-state index in [9.17, 15) is 9.18 Å². The van der Waals surface area contributed by atoms with Crippen molar-refractivity contribution < 1.29 is 9.18 Å². The third-order valence-electron chi connectivity index (χ3n) is 2.08. The van der Waals surface area contributed by atoms with Gasteiger partial charge in [-0.1, -0.05) is 18.5 Å². The van der Waals surface area contributed by atoms with E-state index >= 15 is 0 Å². The molecule has 0 aliphatic rings. The van der Waals surface area contributed by atoms with Crippen molar-refractivity contribution in [1.82, 2.24) is 0 Å². The van der Waals surface area contributed by atoms with Crippen LogP contribution in [0.4, 0.5) is 4.39 Å². The van der Waals surface area contributed by atoms with Crippen LogP contribution in [0.15, 0.2) is 18.2 Å². The van der Waals surface area contributed by atoms with E-state index in [1.807, 2.05) is 6.07 Å². The van der Waals surface area contributed by atoms with Gasteiger partial charge in [-0.15, -0.1) is 0 Å². The molecule has 1 aromatic carbocycles. The Balaban J connectivity index is 3.07. The average molecular weight is 226 g/mol. The fourth-order valence-corrected chi connectivity index (χ4v) is 1.47. The molecule has 0 saturated heterocycles. The molecule has 1 atom stereocenters. The van der Waals surface area contributed by atoms with E-state index in [0.717, 1.165) is 12.1 Å². The lowest BCUT2D eigenvalue weighted by Crippen LogP contribution is -2.12. The molecule has 0 aliphatic heterocycles. The monoisotopic (exact) mass is 225 g/mol. The quantitative estimate of drug-likeness (QED) is 0.741. The highest BCUT2D eigenvalue weighted by Crippen LogP contribution is 2.21. The molecule has 0 heterocycles. The molecular formula is C11H9ClFNO. The van der Waals surface area contributed by atoms with Crippen molar-refractivity contribution in [3.8, 4) is 6.07 Å². The number of Topliss-reactive ketones (excluding diaryl/α,β-unsaturated/α-hetero) is 1. The first-order chi connectivity index (χ1) is 7.10. The largest absolute Gasteiger partial charge is 0.293 e. The standard InChI is InChI=1S/C11H9ClFNO/c1-2-7(6-14)11(15)9-4-3-8(13)5-10(9)12/h3-5,7H,2H2,1H3. The van der Waals surface area contributed by atoms with Crippen LogP contribution in [0.2, 0.25) is 5.02 Å². The molecule has 0 saturated carbocycles. The van der Waals surface area contributed by atoms with Crippen LogP contribution >= 0.6 is 11.6 Å². The second-order valence-electron chi connectivity index (χ2n) is 3.08. The number of hydrogen-bond acceptors (Lipinski definition) is 2. The minimum Gasteiger partial charge on any atom is -0.293 e. The van der Waals surface area contributed by atoms with E-state index in [-0.39, 0.29) is 16.4 Å². The fourth-order valence-electron chi connectivity index (χ4n) is 1.21. The third kappa shape index (κ3) is 2.54. The first-order valence-corrected chi connectivity index (χ1v) is 4.86. The fraction of sp³-hybridized carbons (Fsp3) is 0.273. The van der Waals surface area contributed by atoms with E-state index < -0.39 is 11.7 Å². The summed E-state index contributed by atoms with van der Waals surface area (Å²) in [7, 11) is 0. The number of carbonyl (C=O) groups excluding carboxylic acids is 1. The predicted octanol–water partition coefficient (Wildman–Crippen LogP) is 3.21. The number of halogens is 2. The average Bonchev–Trinajstić information content (AvgIpc) is 2.19. The molecule has 0 N–H and O–H groups in total. The summed E-state index contributed by atoms with van der Waals surface area (Å²) >= 11 is 5.71. The minimum atomic E-state index is -0.715. The highest BCUT2D eigenvalue weighted by molar-refractivity contribution is 6.34. The number of hydrogen-bond donors (Lipinski definition) is 0. The molecule has 2 nitrogen and oxygen atoms in total. The topological polar surface area (TPSA) is 40.9 Å². The van der Waals surface area contributed by atoms with Crippen LogP contribution in [-0.2, 0) is 0 Å². The number of nitrogens with zero attached hydrogens (tertiary/aromatic N) is 1. The Hall–Kier alpha value is -1.40. The summed E-state index contributed by atoms with van der Waals surface area (Å²) in [5.74, 6) is -1.57. The highest BCUT2D eigenvalue weighted by atomic mass is 35.5. The summed E-state index contributed by atoms with van der Waals surface area (Å²) in [4.78, 5) is 11.7. The van der Waals surface area contributed by atoms with Crippen LogP contribution in [0, 0.1) is 23.1 Å². The van der Waals surface area contributed by atoms with Crippen LogP contribution in [-0.4, -0.2) is 5.78 Å². The van der Waals surface area contributed by atoms with E-state index in [1.165, 1.54) is 6.07 Å². The molecule has 0 aliphatic carbocycles. The van der Waals surface area contributed by atoms with Gasteiger partial charge >= 0.3 is 0 Å². The second-order valence-corrected chi connectivity index (χ2v) is 3.49. The number of carbonyl (C=O) groups is 1. The first kappa shape index (κ1) is 11.7. The molecule has 0 bridgehead atoms. The van der Waals surface area contributed by atoms with Crippen LogP contribution in [0.3, 0.4) is 0 Å². The summed E-state index contributed by atoms with van der Waals surface area (Å²) in [6.07, 6.45) is 0.420. The molecule has 1 rings (SSSR count). The van der Waals surface area contributed by atoms with Gasteiger partial charge in [0.05, 0.1) is 11.1 Å². The molecule has 0 amide bonds. The van der Waals surface area contributed by atoms with Crippen molar-refractivity contribution >= 4 is 17.4 Å². The predicted molar refractivity (Wildman–Crippen MR) is 55.1 cm³/mol. The second kappa shape index (κ2) is 4.90. The zero-order valence-electron chi connectivity index (χ0n) is 8.13. The number of ketones is 1. The maximum absolute atomic E-state index is 12.7. The molecular weight excluding hydrogens is 217 g/mol. The zero-order valence-corrected chi connectivity index (χ0v) is 8.88. The van der Waals surface area contributed by atoms with Gasteiger partial charge < -0.3 is 0 Å².